The predicted molar refractivity (Wildman–Crippen MR) is 61.7 cm³/mol. The van der Waals surface area contributed by atoms with Gasteiger partial charge in [0.25, 0.3) is 0 Å². The number of ether oxygens (including phenoxy) is 2. The van der Waals surface area contributed by atoms with Crippen LogP contribution in [0.4, 0.5) is 0 Å². The van der Waals surface area contributed by atoms with E-state index in [4.69, 9.17) is 14.6 Å². The van der Waals surface area contributed by atoms with Crippen LogP contribution in [0.15, 0.2) is 24.0 Å². The Kier molecular flexibility index (Phi) is 10.7. The molecule has 0 amide bonds. The second-order valence-corrected chi connectivity index (χ2v) is 3.06. The fraction of sp³-hybridized carbons (Fsp3) is 0.667. The molecule has 88 valence electrons. The minimum absolute atomic E-state index is 0.0648. The summed E-state index contributed by atoms with van der Waals surface area (Å²) in [5.74, 6) is 0. The normalized spacial score (nSPS) is 12.3. The molecule has 0 fully saturated rings. The number of rotatable bonds is 9. The Balaban J connectivity index is 3.57. The molecule has 1 N–H and O–H groups in total. The second kappa shape index (κ2) is 11.3. The first-order valence-electron chi connectivity index (χ1n) is 5.50. The van der Waals surface area contributed by atoms with Gasteiger partial charge in [-0.05, 0) is 18.4 Å². The lowest BCUT2D eigenvalue weighted by Crippen LogP contribution is -2.05. The highest BCUT2D eigenvalue weighted by atomic mass is 16.5. The number of aliphatic hydroxyl groups is 1. The van der Waals surface area contributed by atoms with Gasteiger partial charge in [0.05, 0.1) is 26.1 Å². The van der Waals surface area contributed by atoms with Crippen LogP contribution in [-0.4, -0.2) is 31.5 Å². The van der Waals surface area contributed by atoms with E-state index in [1.54, 1.807) is 6.26 Å². The van der Waals surface area contributed by atoms with E-state index in [1.807, 2.05) is 0 Å². The molecule has 3 nitrogen and oxygen atoms in total. The summed E-state index contributed by atoms with van der Waals surface area (Å²) in [6.45, 7) is 5.69. The molecule has 0 aliphatic heterocycles. The van der Waals surface area contributed by atoms with Crippen molar-refractivity contribution in [2.45, 2.75) is 26.7 Å². The third kappa shape index (κ3) is 9.50. The molecule has 0 saturated heterocycles. The molecule has 0 aromatic heterocycles. The zero-order chi connectivity index (χ0) is 11.4. The summed E-state index contributed by atoms with van der Waals surface area (Å²) >= 11 is 0. The van der Waals surface area contributed by atoms with Crippen molar-refractivity contribution in [1.29, 1.82) is 0 Å². The molecule has 0 rings (SSSR count). The van der Waals surface area contributed by atoms with Gasteiger partial charge in [-0.1, -0.05) is 26.0 Å². The Morgan fingerprint density at radius 2 is 2.00 bits per heavy atom. The number of hydrogen-bond donors (Lipinski definition) is 1. The molecule has 0 unspecified atom stereocenters. The van der Waals surface area contributed by atoms with E-state index in [2.05, 4.69) is 26.0 Å². The highest BCUT2D eigenvalue weighted by Gasteiger charge is 1.89. The smallest absolute Gasteiger partial charge is 0.111 e. The minimum atomic E-state index is 0.0648. The van der Waals surface area contributed by atoms with Crippen LogP contribution in [0, 0.1) is 0 Å². The first kappa shape index (κ1) is 14.2. The van der Waals surface area contributed by atoms with E-state index in [0.717, 1.165) is 12.8 Å². The van der Waals surface area contributed by atoms with Crippen molar-refractivity contribution >= 4 is 0 Å². The largest absolute Gasteiger partial charge is 0.499 e. The summed E-state index contributed by atoms with van der Waals surface area (Å²) in [4.78, 5) is 0. The zero-order valence-corrected chi connectivity index (χ0v) is 9.74. The zero-order valence-electron chi connectivity index (χ0n) is 9.74. The van der Waals surface area contributed by atoms with Crippen LogP contribution >= 0.6 is 0 Å². The highest BCUT2D eigenvalue weighted by Crippen LogP contribution is 2.03. The SMILES string of the molecule is CCC=CC(=COCCOCCO)CC. The van der Waals surface area contributed by atoms with Crippen molar-refractivity contribution in [3.8, 4) is 0 Å². The Morgan fingerprint density at radius 1 is 1.20 bits per heavy atom. The summed E-state index contributed by atoms with van der Waals surface area (Å²) < 4.78 is 10.4. The molecule has 0 aromatic rings. The Hall–Kier alpha value is -0.800. The second-order valence-electron chi connectivity index (χ2n) is 3.06. The molecule has 0 saturated carbocycles. The van der Waals surface area contributed by atoms with Gasteiger partial charge in [-0.25, -0.2) is 0 Å². The number of aliphatic hydroxyl groups excluding tert-OH is 1. The van der Waals surface area contributed by atoms with Crippen LogP contribution in [0.25, 0.3) is 0 Å². The molecule has 0 spiro atoms. The molecule has 0 radical (unpaired) electrons. The van der Waals surface area contributed by atoms with Gasteiger partial charge >= 0.3 is 0 Å². The van der Waals surface area contributed by atoms with Gasteiger partial charge in [0.15, 0.2) is 0 Å². The van der Waals surface area contributed by atoms with E-state index >= 15 is 0 Å². The van der Waals surface area contributed by atoms with E-state index in [-0.39, 0.29) is 6.61 Å². The molecule has 3 heteroatoms. The monoisotopic (exact) mass is 214 g/mol. The minimum Gasteiger partial charge on any atom is -0.499 e. The van der Waals surface area contributed by atoms with Crippen LogP contribution in [0.5, 0.6) is 0 Å². The predicted octanol–water partition coefficient (Wildman–Crippen LogP) is 2.27. The Bertz CT molecular complexity index is 185. The maximum atomic E-state index is 8.46. The maximum absolute atomic E-state index is 8.46. The highest BCUT2D eigenvalue weighted by molar-refractivity contribution is 5.15. The quantitative estimate of drug-likeness (QED) is 0.363. The van der Waals surface area contributed by atoms with Crippen molar-refractivity contribution in [3.05, 3.63) is 24.0 Å². The third-order valence-corrected chi connectivity index (χ3v) is 1.79. The standard InChI is InChI=1S/C12H22O3/c1-3-5-6-12(4-2)11-15-10-9-14-8-7-13/h5-6,11,13H,3-4,7-10H2,1-2H3. The molecule has 0 aliphatic carbocycles. The topological polar surface area (TPSA) is 38.7 Å². The molecule has 0 atom stereocenters. The number of allylic oxidation sites excluding steroid dienone is 3. The summed E-state index contributed by atoms with van der Waals surface area (Å²) in [5, 5.41) is 8.46. The lowest BCUT2D eigenvalue weighted by molar-refractivity contribution is 0.0597. The van der Waals surface area contributed by atoms with Gasteiger partial charge < -0.3 is 14.6 Å². The van der Waals surface area contributed by atoms with Gasteiger partial charge in [-0.15, -0.1) is 0 Å². The van der Waals surface area contributed by atoms with Crippen LogP contribution in [0.1, 0.15) is 26.7 Å². The van der Waals surface area contributed by atoms with Crippen molar-refractivity contribution < 1.29 is 14.6 Å². The third-order valence-electron chi connectivity index (χ3n) is 1.79. The molecule has 0 aliphatic rings. The number of hydrogen-bond acceptors (Lipinski definition) is 3. The fourth-order valence-electron chi connectivity index (χ4n) is 0.949. The van der Waals surface area contributed by atoms with Gasteiger partial charge in [0.1, 0.15) is 6.61 Å². The van der Waals surface area contributed by atoms with E-state index < -0.39 is 0 Å². The van der Waals surface area contributed by atoms with E-state index in [9.17, 15) is 0 Å². The van der Waals surface area contributed by atoms with Gasteiger partial charge in [0, 0.05) is 0 Å². The Morgan fingerprint density at radius 3 is 2.60 bits per heavy atom. The summed E-state index contributed by atoms with van der Waals surface area (Å²) in [6.07, 6.45) is 7.97. The molecular weight excluding hydrogens is 192 g/mol. The van der Waals surface area contributed by atoms with Gasteiger partial charge in [-0.3, -0.25) is 0 Å². The van der Waals surface area contributed by atoms with Crippen LogP contribution in [0.3, 0.4) is 0 Å². The maximum Gasteiger partial charge on any atom is 0.111 e. The summed E-state index contributed by atoms with van der Waals surface area (Å²) in [6, 6.07) is 0. The lowest BCUT2D eigenvalue weighted by atomic mass is 10.2. The first-order valence-corrected chi connectivity index (χ1v) is 5.50. The first-order chi connectivity index (χ1) is 7.35. The van der Waals surface area contributed by atoms with E-state index in [1.165, 1.54) is 5.57 Å². The molecule has 15 heavy (non-hydrogen) atoms. The van der Waals surface area contributed by atoms with Gasteiger partial charge in [-0.2, -0.15) is 0 Å². The van der Waals surface area contributed by atoms with Crippen LogP contribution in [-0.2, 0) is 9.47 Å². The lowest BCUT2D eigenvalue weighted by Gasteiger charge is -2.03. The van der Waals surface area contributed by atoms with Crippen LogP contribution in [0.2, 0.25) is 0 Å². The molecule has 0 aromatic carbocycles. The Labute approximate surface area is 92.4 Å². The molecule has 0 bridgehead atoms. The summed E-state index contributed by atoms with van der Waals surface area (Å²) in [5.41, 5.74) is 1.18. The van der Waals surface area contributed by atoms with Crippen molar-refractivity contribution in [2.24, 2.45) is 0 Å². The van der Waals surface area contributed by atoms with Crippen molar-refractivity contribution in [2.75, 3.05) is 26.4 Å². The van der Waals surface area contributed by atoms with E-state index in [0.29, 0.717) is 19.8 Å². The molecular formula is C12H22O3. The average Bonchev–Trinajstić information content (AvgIpc) is 2.27. The molecule has 0 heterocycles. The van der Waals surface area contributed by atoms with Gasteiger partial charge in [0.2, 0.25) is 0 Å². The van der Waals surface area contributed by atoms with Crippen molar-refractivity contribution in [3.63, 3.8) is 0 Å². The summed E-state index contributed by atoms with van der Waals surface area (Å²) in [7, 11) is 0. The fourth-order valence-corrected chi connectivity index (χ4v) is 0.949. The van der Waals surface area contributed by atoms with Crippen LogP contribution < -0.4 is 0 Å². The average molecular weight is 214 g/mol. The van der Waals surface area contributed by atoms with Crippen molar-refractivity contribution in [1.82, 2.24) is 0 Å².